The molecule has 8 aromatic carbocycles. The maximum absolute atomic E-state index is 5.26. The molecule has 1 aliphatic rings. The Morgan fingerprint density at radius 1 is 0.327 bits per heavy atom. The van der Waals surface area contributed by atoms with Crippen molar-refractivity contribution in [3.05, 3.63) is 205 Å². The highest BCUT2D eigenvalue weighted by Crippen LogP contribution is 2.52. The highest BCUT2D eigenvalue weighted by atomic mass is 14.9. The van der Waals surface area contributed by atoms with Crippen LogP contribution in [0.25, 0.3) is 89.2 Å². The number of hydrogen-bond acceptors (Lipinski definition) is 2. The second-order valence-corrected chi connectivity index (χ2v) is 15.0. The van der Waals surface area contributed by atoms with E-state index in [1.165, 1.54) is 61.0 Å². The topological polar surface area (TPSA) is 25.8 Å². The third-order valence-electron chi connectivity index (χ3n) is 11.3. The average Bonchev–Trinajstić information content (AvgIpc) is 3.50. The molecule has 2 heteroatoms. The zero-order chi connectivity index (χ0) is 36.9. The van der Waals surface area contributed by atoms with Gasteiger partial charge in [0.1, 0.15) is 0 Å². The number of benzene rings is 8. The summed E-state index contributed by atoms with van der Waals surface area (Å²) in [5.41, 5.74) is 17.6. The maximum Gasteiger partial charge on any atom is 0.160 e. The Hall–Kier alpha value is -6.90. The lowest BCUT2D eigenvalue weighted by Crippen LogP contribution is -2.16. The molecule has 0 saturated carbocycles. The molecule has 0 atom stereocenters. The van der Waals surface area contributed by atoms with Gasteiger partial charge in [0, 0.05) is 22.1 Å². The molecule has 0 N–H and O–H groups in total. The predicted molar refractivity (Wildman–Crippen MR) is 230 cm³/mol. The first-order chi connectivity index (χ1) is 27.0. The molecule has 0 fully saturated rings. The van der Waals surface area contributed by atoms with Crippen LogP contribution in [0.4, 0.5) is 0 Å². The highest BCUT2D eigenvalue weighted by molar-refractivity contribution is 6.05. The van der Waals surface area contributed by atoms with Gasteiger partial charge in [-0.15, -0.1) is 0 Å². The number of rotatable bonds is 6. The lowest BCUT2D eigenvalue weighted by atomic mass is 9.78. The van der Waals surface area contributed by atoms with Gasteiger partial charge < -0.3 is 0 Å². The highest BCUT2D eigenvalue weighted by Gasteiger charge is 2.37. The number of fused-ring (bicyclic) bond motifs is 4. The van der Waals surface area contributed by atoms with E-state index in [-0.39, 0.29) is 5.41 Å². The summed E-state index contributed by atoms with van der Waals surface area (Å²) >= 11 is 0. The Morgan fingerprint density at radius 3 is 1.60 bits per heavy atom. The summed E-state index contributed by atoms with van der Waals surface area (Å²) < 4.78 is 0. The van der Waals surface area contributed by atoms with E-state index in [2.05, 4.69) is 196 Å². The van der Waals surface area contributed by atoms with E-state index >= 15 is 0 Å². The van der Waals surface area contributed by atoms with Crippen molar-refractivity contribution in [1.29, 1.82) is 0 Å². The van der Waals surface area contributed by atoms with Crippen molar-refractivity contribution in [2.75, 3.05) is 0 Å². The number of nitrogens with zero attached hydrogens (tertiary/aromatic N) is 2. The van der Waals surface area contributed by atoms with E-state index in [1.807, 2.05) is 12.1 Å². The fraction of sp³-hybridized carbons (Fsp3) is 0.0566. The van der Waals surface area contributed by atoms with Gasteiger partial charge in [0.15, 0.2) is 5.82 Å². The van der Waals surface area contributed by atoms with Crippen molar-refractivity contribution in [3.63, 3.8) is 0 Å². The Kier molecular flexibility index (Phi) is 7.85. The van der Waals surface area contributed by atoms with Gasteiger partial charge in [-0.05, 0) is 78.5 Å². The van der Waals surface area contributed by atoms with E-state index in [1.54, 1.807) is 0 Å². The van der Waals surface area contributed by atoms with Gasteiger partial charge in [0.2, 0.25) is 0 Å². The van der Waals surface area contributed by atoms with Crippen LogP contribution in [0.5, 0.6) is 0 Å². The van der Waals surface area contributed by atoms with E-state index in [0.29, 0.717) is 5.82 Å². The number of hydrogen-bond donors (Lipinski definition) is 0. The molecule has 0 unspecified atom stereocenters. The molecule has 0 saturated heterocycles. The summed E-state index contributed by atoms with van der Waals surface area (Å²) in [6.45, 7) is 4.72. The van der Waals surface area contributed by atoms with Crippen LogP contribution >= 0.6 is 0 Å². The lowest BCUT2D eigenvalue weighted by Gasteiger charge is -2.24. The molecule has 1 heterocycles. The minimum Gasteiger partial charge on any atom is -0.228 e. The van der Waals surface area contributed by atoms with E-state index in [0.717, 1.165) is 33.5 Å². The van der Waals surface area contributed by atoms with E-state index in [9.17, 15) is 0 Å². The average molecular weight is 703 g/mol. The molecule has 0 spiro atoms. The van der Waals surface area contributed by atoms with Crippen molar-refractivity contribution in [1.82, 2.24) is 9.97 Å². The van der Waals surface area contributed by atoms with Crippen molar-refractivity contribution in [2.45, 2.75) is 19.3 Å². The Labute approximate surface area is 322 Å². The van der Waals surface area contributed by atoms with Crippen LogP contribution in [-0.2, 0) is 5.41 Å². The zero-order valence-electron chi connectivity index (χ0n) is 30.9. The summed E-state index contributed by atoms with van der Waals surface area (Å²) in [4.78, 5) is 10.4. The summed E-state index contributed by atoms with van der Waals surface area (Å²) in [5, 5.41) is 2.35. The second kappa shape index (κ2) is 13.2. The summed E-state index contributed by atoms with van der Waals surface area (Å²) in [6, 6.07) is 69.5. The second-order valence-electron chi connectivity index (χ2n) is 15.0. The van der Waals surface area contributed by atoms with Gasteiger partial charge in [0.05, 0.1) is 11.4 Å². The smallest absolute Gasteiger partial charge is 0.160 e. The van der Waals surface area contributed by atoms with Crippen molar-refractivity contribution < 1.29 is 0 Å². The molecule has 55 heavy (non-hydrogen) atoms. The van der Waals surface area contributed by atoms with Crippen LogP contribution in [0.2, 0.25) is 0 Å². The molecule has 10 rings (SSSR count). The molecule has 1 aromatic heterocycles. The van der Waals surface area contributed by atoms with Crippen LogP contribution in [0.15, 0.2) is 194 Å². The molecule has 0 radical (unpaired) electrons. The van der Waals surface area contributed by atoms with Crippen LogP contribution in [-0.4, -0.2) is 9.97 Å². The van der Waals surface area contributed by atoms with Crippen molar-refractivity contribution >= 4 is 10.8 Å². The molecule has 0 bridgehead atoms. The van der Waals surface area contributed by atoms with Crippen LogP contribution in [0.1, 0.15) is 25.0 Å². The van der Waals surface area contributed by atoms with Crippen LogP contribution < -0.4 is 0 Å². The van der Waals surface area contributed by atoms with E-state index in [4.69, 9.17) is 9.97 Å². The third-order valence-corrected chi connectivity index (χ3v) is 11.3. The standard InChI is InChI=1S/C53H38N2/c1-53(2)48-26-12-11-23-45(48)47-25-14-24-42(51(47)53)40-20-13-19-39(33-40)41-31-32-46(44-22-10-9-21-43(41)44)50-34-49(37-17-7-4-8-18-37)54-52(55-50)38-29-27-36(28-30-38)35-15-5-3-6-16-35/h3-34H,1-2H3. The summed E-state index contributed by atoms with van der Waals surface area (Å²) in [5.74, 6) is 0.706. The third kappa shape index (κ3) is 5.66. The molecule has 1 aliphatic carbocycles. The fourth-order valence-electron chi connectivity index (χ4n) is 8.63. The molecule has 2 nitrogen and oxygen atoms in total. The Morgan fingerprint density at radius 2 is 0.836 bits per heavy atom. The predicted octanol–water partition coefficient (Wildman–Crippen LogP) is 13.9. The van der Waals surface area contributed by atoms with Gasteiger partial charge >= 0.3 is 0 Å². The normalized spacial score (nSPS) is 12.7. The minimum atomic E-state index is -0.0915. The van der Waals surface area contributed by atoms with Gasteiger partial charge in [0.25, 0.3) is 0 Å². The first-order valence-corrected chi connectivity index (χ1v) is 19.0. The lowest BCUT2D eigenvalue weighted by molar-refractivity contribution is 0.662. The van der Waals surface area contributed by atoms with Gasteiger partial charge in [-0.3, -0.25) is 0 Å². The van der Waals surface area contributed by atoms with Crippen LogP contribution in [0, 0.1) is 0 Å². The summed E-state index contributed by atoms with van der Waals surface area (Å²) in [6.07, 6.45) is 0. The zero-order valence-corrected chi connectivity index (χ0v) is 30.9. The summed E-state index contributed by atoms with van der Waals surface area (Å²) in [7, 11) is 0. The van der Waals surface area contributed by atoms with Crippen LogP contribution in [0.3, 0.4) is 0 Å². The van der Waals surface area contributed by atoms with Gasteiger partial charge in [-0.2, -0.15) is 0 Å². The number of aromatic nitrogens is 2. The fourth-order valence-corrected chi connectivity index (χ4v) is 8.63. The van der Waals surface area contributed by atoms with Crippen molar-refractivity contribution in [3.8, 4) is 78.4 Å². The first-order valence-electron chi connectivity index (χ1n) is 19.0. The molecule has 9 aromatic rings. The van der Waals surface area contributed by atoms with Gasteiger partial charge in [-0.25, -0.2) is 9.97 Å². The minimum absolute atomic E-state index is 0.0915. The molecule has 0 aliphatic heterocycles. The van der Waals surface area contributed by atoms with Crippen molar-refractivity contribution in [2.24, 2.45) is 0 Å². The first kappa shape index (κ1) is 32.7. The maximum atomic E-state index is 5.26. The molecular formula is C53H38N2. The van der Waals surface area contributed by atoms with E-state index < -0.39 is 0 Å². The quantitative estimate of drug-likeness (QED) is 0.172. The largest absolute Gasteiger partial charge is 0.228 e. The molecule has 0 amide bonds. The Balaban J connectivity index is 1.09. The molecular weight excluding hydrogens is 665 g/mol. The van der Waals surface area contributed by atoms with Gasteiger partial charge in [-0.1, -0.05) is 196 Å². The monoisotopic (exact) mass is 702 g/mol. The molecule has 260 valence electrons. The Bertz CT molecular complexity index is 2870. The SMILES string of the molecule is CC1(C)c2ccccc2-c2cccc(-c3cccc(-c4ccc(-c5cc(-c6ccccc6)nc(-c6ccc(-c7ccccc7)cc6)n5)c5ccccc45)c3)c21.